The van der Waals surface area contributed by atoms with Crippen molar-refractivity contribution in [3.05, 3.63) is 208 Å². The zero-order chi connectivity index (χ0) is 37.0. The standard InChI is InChI=1S/C47H45ClO6/c48-43-39(26-34-16-6-1-7-17-34)27-40(28-41(43)49)44-46(52-31-37-22-12-4-13-23-37)47(53-32-38-24-14-5-15-25-38)45(51-30-36-20-10-3-11-21-36)42(54-44)33-50-29-35-18-8-2-9-19-35/h1-25,27-28,42,44-47,49H,26,29-33H2/t42-,44+,45-,46+,47+/m1/s1. The molecule has 6 nitrogen and oxygen atoms in total. The monoisotopic (exact) mass is 740 g/mol. The molecule has 0 bridgehead atoms. The molecule has 1 aliphatic rings. The van der Waals surface area contributed by atoms with Crippen LogP contribution >= 0.6 is 11.6 Å². The van der Waals surface area contributed by atoms with E-state index in [1.807, 2.05) is 158 Å². The van der Waals surface area contributed by atoms with Crippen LogP contribution in [0.4, 0.5) is 0 Å². The van der Waals surface area contributed by atoms with E-state index >= 15 is 0 Å². The first-order valence-electron chi connectivity index (χ1n) is 18.4. The first-order valence-corrected chi connectivity index (χ1v) is 18.8. The predicted molar refractivity (Wildman–Crippen MR) is 211 cm³/mol. The van der Waals surface area contributed by atoms with Gasteiger partial charge in [0.05, 0.1) is 38.1 Å². The summed E-state index contributed by atoms with van der Waals surface area (Å²) in [6.07, 6.45) is -2.53. The maximum absolute atomic E-state index is 11.3. The summed E-state index contributed by atoms with van der Waals surface area (Å²) in [5, 5.41) is 11.6. The minimum absolute atomic E-state index is 0.0217. The van der Waals surface area contributed by atoms with E-state index < -0.39 is 30.5 Å². The molecule has 7 heteroatoms. The van der Waals surface area contributed by atoms with Crippen molar-refractivity contribution in [3.63, 3.8) is 0 Å². The molecule has 7 rings (SSSR count). The molecule has 0 aliphatic carbocycles. The number of phenolic OH excluding ortho intramolecular Hbond substituents is 1. The maximum Gasteiger partial charge on any atom is 0.134 e. The van der Waals surface area contributed by atoms with E-state index in [1.165, 1.54) is 0 Å². The summed E-state index contributed by atoms with van der Waals surface area (Å²) in [6.45, 7) is 1.63. The zero-order valence-electron chi connectivity index (χ0n) is 30.1. The average molecular weight is 741 g/mol. The summed E-state index contributed by atoms with van der Waals surface area (Å²) < 4.78 is 34.1. The topological polar surface area (TPSA) is 66.4 Å². The van der Waals surface area contributed by atoms with Crippen molar-refractivity contribution in [1.82, 2.24) is 0 Å². The number of phenols is 1. The Kier molecular flexibility index (Phi) is 13.2. The van der Waals surface area contributed by atoms with Gasteiger partial charge in [0.25, 0.3) is 0 Å². The molecule has 0 spiro atoms. The van der Waals surface area contributed by atoms with Gasteiger partial charge in [-0.3, -0.25) is 0 Å². The molecule has 1 aliphatic heterocycles. The first-order chi connectivity index (χ1) is 26.6. The van der Waals surface area contributed by atoms with E-state index in [4.69, 9.17) is 35.3 Å². The van der Waals surface area contributed by atoms with Gasteiger partial charge in [-0.15, -0.1) is 0 Å². The number of benzene rings is 6. The van der Waals surface area contributed by atoms with Crippen LogP contribution in [-0.2, 0) is 56.5 Å². The predicted octanol–water partition coefficient (Wildman–Crippen LogP) is 10.0. The normalized spacial score (nSPS) is 19.8. The Bertz CT molecular complexity index is 2000. The molecule has 5 atom stereocenters. The lowest BCUT2D eigenvalue weighted by molar-refractivity contribution is -0.275. The second-order valence-corrected chi connectivity index (χ2v) is 13.9. The number of ether oxygens (including phenoxy) is 5. The summed E-state index contributed by atoms with van der Waals surface area (Å²) in [5.41, 5.74) is 6.70. The molecule has 1 saturated heterocycles. The summed E-state index contributed by atoms with van der Waals surface area (Å²) in [4.78, 5) is 0. The molecule has 1 fully saturated rings. The van der Waals surface area contributed by atoms with Gasteiger partial charge < -0.3 is 28.8 Å². The lowest BCUT2D eigenvalue weighted by atomic mass is 9.89. The SMILES string of the molecule is Oc1cc([C@@H]2O[C@H](COCc3ccccc3)[C@@H](OCc3ccccc3)[C@H](OCc3ccccc3)[C@H]2OCc2ccccc2)cc(Cc2ccccc2)c1Cl. The van der Waals surface area contributed by atoms with Gasteiger partial charge in [-0.25, -0.2) is 0 Å². The molecule has 0 amide bonds. The highest BCUT2D eigenvalue weighted by molar-refractivity contribution is 6.32. The van der Waals surface area contributed by atoms with Crippen molar-refractivity contribution in [2.24, 2.45) is 0 Å². The number of hydrogen-bond acceptors (Lipinski definition) is 6. The molecule has 6 aromatic carbocycles. The van der Waals surface area contributed by atoms with E-state index in [0.29, 0.717) is 37.9 Å². The van der Waals surface area contributed by atoms with Crippen molar-refractivity contribution in [2.45, 2.75) is 63.4 Å². The Morgan fingerprint density at radius 2 is 0.926 bits per heavy atom. The van der Waals surface area contributed by atoms with Crippen LogP contribution in [-0.4, -0.2) is 36.1 Å². The Hall–Kier alpha value is -4.79. The molecular formula is C47H45ClO6. The largest absolute Gasteiger partial charge is 0.506 e. The van der Waals surface area contributed by atoms with Gasteiger partial charge >= 0.3 is 0 Å². The number of aromatic hydroxyl groups is 1. The summed E-state index contributed by atoms with van der Waals surface area (Å²) in [7, 11) is 0. The fraction of sp³-hybridized carbons (Fsp3) is 0.234. The van der Waals surface area contributed by atoms with Gasteiger partial charge in [0.1, 0.15) is 36.3 Å². The third kappa shape index (κ3) is 10.0. The number of hydrogen-bond donors (Lipinski definition) is 1. The Labute approximate surface area is 322 Å². The van der Waals surface area contributed by atoms with Gasteiger partial charge in [-0.1, -0.05) is 169 Å². The molecule has 0 saturated carbocycles. The number of rotatable bonds is 16. The first kappa shape index (κ1) is 37.5. The van der Waals surface area contributed by atoms with Gasteiger partial charge in [0, 0.05) is 0 Å². The van der Waals surface area contributed by atoms with Gasteiger partial charge in [-0.2, -0.15) is 0 Å². The lowest BCUT2D eigenvalue weighted by Gasteiger charge is -2.46. The molecule has 1 heterocycles. The average Bonchev–Trinajstić information content (AvgIpc) is 3.22. The molecule has 54 heavy (non-hydrogen) atoms. The van der Waals surface area contributed by atoms with E-state index in [9.17, 15) is 5.11 Å². The van der Waals surface area contributed by atoms with Crippen molar-refractivity contribution in [3.8, 4) is 5.75 Å². The maximum atomic E-state index is 11.3. The third-order valence-corrected chi connectivity index (χ3v) is 10.0. The van der Waals surface area contributed by atoms with Gasteiger partial charge in [-0.05, 0) is 51.4 Å². The molecular weight excluding hydrogens is 696 g/mol. The fourth-order valence-electron chi connectivity index (χ4n) is 6.86. The third-order valence-electron chi connectivity index (χ3n) is 9.60. The molecule has 1 N–H and O–H groups in total. The highest BCUT2D eigenvalue weighted by Crippen LogP contribution is 2.42. The summed E-state index contributed by atoms with van der Waals surface area (Å²) in [5.74, 6) is -0.0217. The Balaban J connectivity index is 1.28. The second kappa shape index (κ2) is 19.0. The van der Waals surface area contributed by atoms with E-state index in [2.05, 4.69) is 0 Å². The van der Waals surface area contributed by atoms with Gasteiger partial charge in [0.15, 0.2) is 0 Å². The van der Waals surface area contributed by atoms with Crippen molar-refractivity contribution in [1.29, 1.82) is 0 Å². The van der Waals surface area contributed by atoms with Crippen LogP contribution < -0.4 is 0 Å². The Morgan fingerprint density at radius 1 is 0.500 bits per heavy atom. The molecule has 0 aromatic heterocycles. The second-order valence-electron chi connectivity index (χ2n) is 13.6. The summed E-state index contributed by atoms with van der Waals surface area (Å²) >= 11 is 6.77. The highest BCUT2D eigenvalue weighted by atomic mass is 35.5. The molecule has 6 aromatic rings. The van der Waals surface area contributed by atoms with Crippen LogP contribution in [0, 0.1) is 0 Å². The molecule has 0 radical (unpaired) electrons. The minimum atomic E-state index is -0.672. The highest BCUT2D eigenvalue weighted by Gasteiger charge is 2.49. The van der Waals surface area contributed by atoms with Crippen molar-refractivity contribution >= 4 is 11.6 Å². The van der Waals surface area contributed by atoms with Crippen LogP contribution in [0.25, 0.3) is 0 Å². The quantitative estimate of drug-likeness (QED) is 0.107. The lowest BCUT2D eigenvalue weighted by Crippen LogP contribution is -2.58. The smallest absolute Gasteiger partial charge is 0.134 e. The summed E-state index contributed by atoms with van der Waals surface area (Å²) in [6, 6.07) is 54.0. The van der Waals surface area contributed by atoms with E-state index in [1.54, 1.807) is 6.07 Å². The molecule has 0 unspecified atom stereocenters. The molecule has 276 valence electrons. The zero-order valence-corrected chi connectivity index (χ0v) is 30.8. The van der Waals surface area contributed by atoms with Crippen LogP contribution in [0.15, 0.2) is 164 Å². The van der Waals surface area contributed by atoms with Crippen LogP contribution in [0.5, 0.6) is 5.75 Å². The van der Waals surface area contributed by atoms with Gasteiger partial charge in [0.2, 0.25) is 0 Å². The van der Waals surface area contributed by atoms with E-state index in [-0.39, 0.29) is 12.4 Å². The minimum Gasteiger partial charge on any atom is -0.506 e. The Morgan fingerprint density at radius 3 is 1.43 bits per heavy atom. The van der Waals surface area contributed by atoms with E-state index in [0.717, 1.165) is 38.9 Å². The van der Waals surface area contributed by atoms with Crippen LogP contribution in [0.1, 0.15) is 45.0 Å². The van der Waals surface area contributed by atoms with Crippen molar-refractivity contribution < 1.29 is 28.8 Å². The number of halogens is 1. The fourth-order valence-corrected chi connectivity index (χ4v) is 7.03. The van der Waals surface area contributed by atoms with Crippen molar-refractivity contribution in [2.75, 3.05) is 6.61 Å². The van der Waals surface area contributed by atoms with Crippen LogP contribution in [0.3, 0.4) is 0 Å². The van der Waals surface area contributed by atoms with Crippen LogP contribution in [0.2, 0.25) is 5.02 Å².